The Morgan fingerprint density at radius 2 is 2.05 bits per heavy atom. The van der Waals surface area contributed by atoms with E-state index in [9.17, 15) is 0 Å². The van der Waals surface area contributed by atoms with Crippen LogP contribution in [0.3, 0.4) is 0 Å². The molecule has 0 aliphatic carbocycles. The lowest BCUT2D eigenvalue weighted by Crippen LogP contribution is -2.46. The van der Waals surface area contributed by atoms with Gasteiger partial charge in [0.05, 0.1) is 6.54 Å². The Labute approximate surface area is 138 Å². The van der Waals surface area contributed by atoms with E-state index in [1.54, 1.807) is 0 Å². The summed E-state index contributed by atoms with van der Waals surface area (Å²) < 4.78 is 5.54. The maximum absolute atomic E-state index is 6.17. The molecule has 0 radical (unpaired) electrons. The minimum Gasteiger partial charge on any atom is -0.381 e. The second kappa shape index (κ2) is 6.88. The maximum atomic E-state index is 6.17. The van der Waals surface area contributed by atoms with E-state index in [2.05, 4.69) is 37.1 Å². The topological polar surface area (TPSA) is 59.6 Å². The van der Waals surface area contributed by atoms with Crippen molar-refractivity contribution in [3.8, 4) is 0 Å². The van der Waals surface area contributed by atoms with Gasteiger partial charge in [0, 0.05) is 29.2 Å². The van der Waals surface area contributed by atoms with E-state index >= 15 is 0 Å². The number of hydrogen-bond acceptors (Lipinski definition) is 2. The molecule has 1 aliphatic heterocycles. The Balaban J connectivity index is 2.21. The SMILES string of the molecule is CC(C)(C)NC(N)=NCC1(c2cccc(Cl)c2)CCOCC1. The fourth-order valence-corrected chi connectivity index (χ4v) is 2.97. The Morgan fingerprint density at radius 1 is 1.36 bits per heavy atom. The molecule has 0 amide bonds. The normalized spacial score (nSPS) is 19.0. The number of guanidine groups is 1. The summed E-state index contributed by atoms with van der Waals surface area (Å²) in [4.78, 5) is 4.60. The van der Waals surface area contributed by atoms with Crippen molar-refractivity contribution in [2.45, 2.75) is 44.6 Å². The van der Waals surface area contributed by atoms with Crippen LogP contribution in [0.15, 0.2) is 29.3 Å². The van der Waals surface area contributed by atoms with Crippen LogP contribution >= 0.6 is 11.6 Å². The van der Waals surface area contributed by atoms with Gasteiger partial charge < -0.3 is 15.8 Å². The molecule has 0 bridgehead atoms. The predicted octanol–water partition coefficient (Wildman–Crippen LogP) is 3.09. The molecule has 3 N–H and O–H groups in total. The average molecular weight is 324 g/mol. The van der Waals surface area contributed by atoms with Crippen LogP contribution in [0.1, 0.15) is 39.2 Å². The van der Waals surface area contributed by atoms with Gasteiger partial charge in [0.2, 0.25) is 0 Å². The summed E-state index contributed by atoms with van der Waals surface area (Å²) in [5.41, 5.74) is 7.10. The molecule has 1 saturated heterocycles. The Hall–Kier alpha value is -1.26. The molecule has 122 valence electrons. The number of halogens is 1. The predicted molar refractivity (Wildman–Crippen MR) is 92.6 cm³/mol. The van der Waals surface area contributed by atoms with E-state index in [4.69, 9.17) is 22.1 Å². The fraction of sp³-hybridized carbons (Fsp3) is 0.588. The van der Waals surface area contributed by atoms with Crippen molar-refractivity contribution in [3.63, 3.8) is 0 Å². The van der Waals surface area contributed by atoms with Crippen molar-refractivity contribution in [1.29, 1.82) is 0 Å². The van der Waals surface area contributed by atoms with Crippen LogP contribution in [0, 0.1) is 0 Å². The molecule has 5 heteroatoms. The van der Waals surface area contributed by atoms with Crippen molar-refractivity contribution in [1.82, 2.24) is 5.32 Å². The molecule has 1 heterocycles. The first-order valence-corrected chi connectivity index (χ1v) is 8.10. The van der Waals surface area contributed by atoms with Gasteiger partial charge in [0.1, 0.15) is 0 Å². The number of nitrogens with one attached hydrogen (secondary N) is 1. The highest BCUT2D eigenvalue weighted by atomic mass is 35.5. The van der Waals surface area contributed by atoms with Gasteiger partial charge in [0.25, 0.3) is 0 Å². The number of benzene rings is 1. The zero-order chi connectivity index (χ0) is 16.2. The number of rotatable bonds is 3. The quantitative estimate of drug-likeness (QED) is 0.664. The molecular formula is C17H26ClN3O. The molecule has 0 unspecified atom stereocenters. The van der Waals surface area contributed by atoms with Crippen LogP contribution in [0.4, 0.5) is 0 Å². The highest BCUT2D eigenvalue weighted by molar-refractivity contribution is 6.30. The highest BCUT2D eigenvalue weighted by Crippen LogP contribution is 2.36. The van der Waals surface area contributed by atoms with Crippen LogP contribution in [0.25, 0.3) is 0 Å². The molecule has 0 aromatic heterocycles. The molecule has 1 aromatic carbocycles. The minimum atomic E-state index is -0.0908. The first-order chi connectivity index (χ1) is 10.3. The Bertz CT molecular complexity index is 531. The van der Waals surface area contributed by atoms with Crippen LogP contribution in [0.5, 0.6) is 0 Å². The van der Waals surface area contributed by atoms with E-state index in [1.165, 1.54) is 5.56 Å². The molecule has 0 saturated carbocycles. The monoisotopic (exact) mass is 323 g/mol. The van der Waals surface area contributed by atoms with Crippen molar-refractivity contribution in [3.05, 3.63) is 34.9 Å². The van der Waals surface area contributed by atoms with Gasteiger partial charge in [-0.2, -0.15) is 0 Å². The summed E-state index contributed by atoms with van der Waals surface area (Å²) in [7, 11) is 0. The molecule has 1 fully saturated rings. The van der Waals surface area contributed by atoms with Gasteiger partial charge in [0.15, 0.2) is 5.96 Å². The van der Waals surface area contributed by atoms with Crippen LogP contribution in [-0.4, -0.2) is 31.3 Å². The number of aliphatic imine (C=N–C) groups is 1. The molecule has 1 aliphatic rings. The average Bonchev–Trinajstić information content (AvgIpc) is 2.44. The first kappa shape index (κ1) is 17.1. The lowest BCUT2D eigenvalue weighted by atomic mass is 9.74. The largest absolute Gasteiger partial charge is 0.381 e. The Kier molecular flexibility index (Phi) is 5.35. The van der Waals surface area contributed by atoms with Gasteiger partial charge in [-0.25, -0.2) is 0 Å². The molecular weight excluding hydrogens is 298 g/mol. The van der Waals surface area contributed by atoms with Crippen molar-refractivity contribution >= 4 is 17.6 Å². The summed E-state index contributed by atoms with van der Waals surface area (Å²) in [6.45, 7) is 8.33. The van der Waals surface area contributed by atoms with E-state index in [1.807, 2.05) is 18.2 Å². The standard InChI is InChI=1S/C17H26ClN3O/c1-16(2,3)21-15(19)20-12-17(7-9-22-10-8-17)13-5-4-6-14(18)11-13/h4-6,11H,7-10,12H2,1-3H3,(H3,19,20,21). The lowest BCUT2D eigenvalue weighted by molar-refractivity contribution is 0.0531. The van der Waals surface area contributed by atoms with Gasteiger partial charge in [-0.05, 0) is 51.3 Å². The van der Waals surface area contributed by atoms with Gasteiger partial charge in [-0.3, -0.25) is 4.99 Å². The molecule has 1 aromatic rings. The highest BCUT2D eigenvalue weighted by Gasteiger charge is 2.34. The van der Waals surface area contributed by atoms with Crippen LogP contribution < -0.4 is 11.1 Å². The summed E-state index contributed by atoms with van der Waals surface area (Å²) in [6.07, 6.45) is 1.86. The summed E-state index contributed by atoms with van der Waals surface area (Å²) >= 11 is 6.17. The second-order valence-corrected chi connectivity index (χ2v) is 7.42. The number of ether oxygens (including phenoxy) is 1. The van der Waals surface area contributed by atoms with E-state index in [0.29, 0.717) is 12.5 Å². The van der Waals surface area contributed by atoms with Gasteiger partial charge in [-0.15, -0.1) is 0 Å². The molecule has 2 rings (SSSR count). The van der Waals surface area contributed by atoms with Crippen LogP contribution in [0.2, 0.25) is 5.02 Å². The third-order valence-electron chi connectivity index (χ3n) is 3.94. The third kappa shape index (κ3) is 4.62. The maximum Gasteiger partial charge on any atom is 0.189 e. The zero-order valence-corrected chi connectivity index (χ0v) is 14.4. The van der Waals surface area contributed by atoms with Crippen molar-refractivity contribution in [2.75, 3.05) is 19.8 Å². The Morgan fingerprint density at radius 3 is 2.64 bits per heavy atom. The number of hydrogen-bond donors (Lipinski definition) is 2. The van der Waals surface area contributed by atoms with Gasteiger partial charge in [-0.1, -0.05) is 23.7 Å². The fourth-order valence-electron chi connectivity index (χ4n) is 2.78. The van der Waals surface area contributed by atoms with E-state index < -0.39 is 0 Å². The number of nitrogens with two attached hydrogens (primary N) is 1. The van der Waals surface area contributed by atoms with Gasteiger partial charge >= 0.3 is 0 Å². The van der Waals surface area contributed by atoms with Crippen LogP contribution in [-0.2, 0) is 10.2 Å². The smallest absolute Gasteiger partial charge is 0.189 e. The summed E-state index contributed by atoms with van der Waals surface area (Å²) in [5, 5.41) is 3.97. The first-order valence-electron chi connectivity index (χ1n) is 7.73. The summed E-state index contributed by atoms with van der Waals surface area (Å²) in [5.74, 6) is 0.486. The molecule has 0 spiro atoms. The molecule has 0 atom stereocenters. The minimum absolute atomic E-state index is 0.0483. The van der Waals surface area contributed by atoms with E-state index in [0.717, 1.165) is 31.1 Å². The lowest BCUT2D eigenvalue weighted by Gasteiger charge is -2.37. The molecule has 4 nitrogen and oxygen atoms in total. The van der Waals surface area contributed by atoms with Crippen molar-refractivity contribution < 1.29 is 4.74 Å². The molecule has 22 heavy (non-hydrogen) atoms. The number of nitrogens with zero attached hydrogens (tertiary/aromatic N) is 1. The summed E-state index contributed by atoms with van der Waals surface area (Å²) in [6, 6.07) is 8.06. The van der Waals surface area contributed by atoms with E-state index in [-0.39, 0.29) is 11.0 Å². The second-order valence-electron chi connectivity index (χ2n) is 6.98. The third-order valence-corrected chi connectivity index (χ3v) is 4.18. The van der Waals surface area contributed by atoms with Crippen molar-refractivity contribution in [2.24, 2.45) is 10.7 Å². The zero-order valence-electron chi connectivity index (χ0n) is 13.7.